The molecule has 0 saturated heterocycles. The number of aliphatic hydroxyl groups is 1. The van der Waals surface area contributed by atoms with E-state index in [1.807, 2.05) is 0 Å². The second-order valence-electron chi connectivity index (χ2n) is 2.36. The molecule has 0 unspecified atom stereocenters. The van der Waals surface area contributed by atoms with Gasteiger partial charge >= 0.3 is 51.4 Å². The molecule has 1 saturated carbocycles. The Balaban J connectivity index is 0.000000640. The van der Waals surface area contributed by atoms with Gasteiger partial charge in [0.15, 0.2) is 0 Å². The molecule has 1 nitrogen and oxygen atoms in total. The van der Waals surface area contributed by atoms with Crippen LogP contribution in [0.25, 0.3) is 0 Å². The largest absolute Gasteiger partial charge is 1.00 e. The zero-order valence-corrected chi connectivity index (χ0v) is 8.90. The van der Waals surface area contributed by atoms with Crippen LogP contribution in [-0.2, 0) is 0 Å². The summed E-state index contributed by atoms with van der Waals surface area (Å²) in [4.78, 5) is 0. The maximum atomic E-state index is 9.20. The minimum absolute atomic E-state index is 0. The minimum Gasteiger partial charge on any atom is -0.691 e. The van der Waals surface area contributed by atoms with Gasteiger partial charge in [-0.3, -0.25) is 0 Å². The predicted molar refractivity (Wildman–Crippen MR) is 30.5 cm³/mol. The van der Waals surface area contributed by atoms with Crippen LogP contribution in [0, 0.1) is 12.3 Å². The first-order valence-electron chi connectivity index (χ1n) is 2.93. The van der Waals surface area contributed by atoms with E-state index in [2.05, 4.69) is 5.92 Å². The van der Waals surface area contributed by atoms with E-state index in [1.165, 1.54) is 0 Å². The molecule has 44 valence electrons. The first-order chi connectivity index (χ1) is 3.77. The van der Waals surface area contributed by atoms with Crippen LogP contribution in [0.2, 0.25) is 0 Å². The summed E-state index contributed by atoms with van der Waals surface area (Å²) >= 11 is 0. The fourth-order valence-electron chi connectivity index (χ4n) is 1.08. The summed E-state index contributed by atoms with van der Waals surface area (Å²) in [5.74, 6) is 2.15. The molecule has 0 spiro atoms. The van der Waals surface area contributed by atoms with Crippen molar-refractivity contribution in [3.8, 4) is 5.92 Å². The van der Waals surface area contributed by atoms with Gasteiger partial charge in [0.2, 0.25) is 0 Å². The summed E-state index contributed by atoms with van der Waals surface area (Å²) < 4.78 is 0. The van der Waals surface area contributed by atoms with Gasteiger partial charge in [0.25, 0.3) is 0 Å². The molecule has 0 radical (unpaired) electrons. The number of rotatable bonds is 0. The van der Waals surface area contributed by atoms with Crippen molar-refractivity contribution in [1.82, 2.24) is 0 Å². The molecule has 9 heavy (non-hydrogen) atoms. The molecule has 1 rings (SSSR count). The minimum atomic E-state index is -0.847. The van der Waals surface area contributed by atoms with E-state index in [0.29, 0.717) is 0 Å². The maximum Gasteiger partial charge on any atom is 1.00 e. The van der Waals surface area contributed by atoms with Crippen LogP contribution in [0.1, 0.15) is 25.7 Å². The SMILES string of the molecule is [C-]#CC1(O)CCCC1.[K+]. The Labute approximate surface area is 98.6 Å². The molecule has 0 bridgehead atoms. The van der Waals surface area contributed by atoms with Gasteiger partial charge in [0.1, 0.15) is 0 Å². The van der Waals surface area contributed by atoms with Crippen LogP contribution in [0.15, 0.2) is 0 Å². The second-order valence-corrected chi connectivity index (χ2v) is 2.36. The summed E-state index contributed by atoms with van der Waals surface area (Å²) in [7, 11) is 0. The molecule has 0 atom stereocenters. The van der Waals surface area contributed by atoms with Gasteiger partial charge in [-0.1, -0.05) is 0 Å². The quantitative estimate of drug-likeness (QED) is 0.237. The molecule has 0 heterocycles. The van der Waals surface area contributed by atoms with Crippen molar-refractivity contribution >= 4 is 0 Å². The van der Waals surface area contributed by atoms with E-state index in [1.54, 1.807) is 0 Å². The molecule has 1 N–H and O–H groups in total. The second kappa shape index (κ2) is 4.12. The van der Waals surface area contributed by atoms with Crippen molar-refractivity contribution in [2.45, 2.75) is 31.3 Å². The maximum absolute atomic E-state index is 9.20. The van der Waals surface area contributed by atoms with Crippen LogP contribution < -0.4 is 51.4 Å². The van der Waals surface area contributed by atoms with Crippen molar-refractivity contribution in [3.05, 3.63) is 6.42 Å². The molecule has 0 aromatic rings. The van der Waals surface area contributed by atoms with E-state index in [-0.39, 0.29) is 51.4 Å². The summed E-state index contributed by atoms with van der Waals surface area (Å²) in [5, 5.41) is 9.20. The number of hydrogen-bond acceptors (Lipinski definition) is 1. The Morgan fingerprint density at radius 3 is 2.00 bits per heavy atom. The first-order valence-corrected chi connectivity index (χ1v) is 2.93. The van der Waals surface area contributed by atoms with E-state index >= 15 is 0 Å². The van der Waals surface area contributed by atoms with E-state index in [0.717, 1.165) is 25.7 Å². The average Bonchev–Trinajstić information content (AvgIpc) is 2.17. The van der Waals surface area contributed by atoms with E-state index < -0.39 is 5.60 Å². The Morgan fingerprint density at radius 2 is 1.78 bits per heavy atom. The Morgan fingerprint density at radius 1 is 1.33 bits per heavy atom. The van der Waals surface area contributed by atoms with Crippen LogP contribution in [-0.4, -0.2) is 10.7 Å². The summed E-state index contributed by atoms with van der Waals surface area (Å²) in [6.45, 7) is 0. The van der Waals surface area contributed by atoms with Gasteiger partial charge in [0, 0.05) is 0 Å². The Kier molecular flexibility index (Phi) is 4.65. The molecular formula is C7H9KO. The van der Waals surface area contributed by atoms with Crippen LogP contribution in [0.4, 0.5) is 0 Å². The molecule has 0 aliphatic heterocycles. The number of hydrogen-bond donors (Lipinski definition) is 1. The predicted octanol–water partition coefficient (Wildman–Crippen LogP) is -2.11. The molecule has 1 aliphatic carbocycles. The normalized spacial score (nSPS) is 22.2. The molecule has 1 aliphatic rings. The van der Waals surface area contributed by atoms with Gasteiger partial charge in [-0.25, -0.2) is 0 Å². The van der Waals surface area contributed by atoms with Gasteiger partial charge in [-0.15, -0.1) is 0 Å². The summed E-state index contributed by atoms with van der Waals surface area (Å²) in [5.41, 5.74) is -0.847. The molecule has 0 amide bonds. The van der Waals surface area contributed by atoms with E-state index in [4.69, 9.17) is 6.42 Å². The van der Waals surface area contributed by atoms with E-state index in [9.17, 15) is 5.11 Å². The monoisotopic (exact) mass is 148 g/mol. The first kappa shape index (κ1) is 10.2. The van der Waals surface area contributed by atoms with Crippen molar-refractivity contribution in [2.24, 2.45) is 0 Å². The molecular weight excluding hydrogens is 139 g/mol. The zero-order valence-electron chi connectivity index (χ0n) is 5.78. The fraction of sp³-hybridized carbons (Fsp3) is 0.714. The van der Waals surface area contributed by atoms with Crippen LogP contribution in [0.5, 0.6) is 0 Å². The van der Waals surface area contributed by atoms with Crippen LogP contribution in [0.3, 0.4) is 0 Å². The average molecular weight is 148 g/mol. The van der Waals surface area contributed by atoms with Crippen molar-refractivity contribution < 1.29 is 56.5 Å². The van der Waals surface area contributed by atoms with Gasteiger partial charge < -0.3 is 17.5 Å². The molecule has 0 aromatic carbocycles. The molecule has 0 aromatic heterocycles. The van der Waals surface area contributed by atoms with Crippen molar-refractivity contribution in [3.63, 3.8) is 0 Å². The zero-order chi connectivity index (χ0) is 6.04. The summed E-state index contributed by atoms with van der Waals surface area (Å²) in [6.07, 6.45) is 10.3. The third kappa shape index (κ3) is 2.71. The topological polar surface area (TPSA) is 20.2 Å². The van der Waals surface area contributed by atoms with Gasteiger partial charge in [0.05, 0.1) is 5.60 Å². The molecule has 1 fully saturated rings. The Bertz CT molecular complexity index is 119. The molecule has 2 heteroatoms. The van der Waals surface area contributed by atoms with Gasteiger partial charge in [-0.2, -0.15) is 0 Å². The van der Waals surface area contributed by atoms with Crippen molar-refractivity contribution in [2.75, 3.05) is 0 Å². The van der Waals surface area contributed by atoms with Crippen molar-refractivity contribution in [1.29, 1.82) is 0 Å². The van der Waals surface area contributed by atoms with Crippen LogP contribution >= 0.6 is 0 Å². The Hall–Kier alpha value is 1.16. The summed E-state index contributed by atoms with van der Waals surface area (Å²) in [6, 6.07) is 0. The smallest absolute Gasteiger partial charge is 0.691 e. The third-order valence-corrected chi connectivity index (χ3v) is 1.66. The standard InChI is InChI=1S/C7H9O.K/c1-2-7(8)5-3-4-6-7;/h8H,3-6H2;/q-1;+1. The van der Waals surface area contributed by atoms with Gasteiger partial charge in [-0.05, 0) is 25.7 Å². The fourth-order valence-corrected chi connectivity index (χ4v) is 1.08. The third-order valence-electron chi connectivity index (χ3n) is 1.66.